The van der Waals surface area contributed by atoms with Crippen molar-refractivity contribution in [1.29, 1.82) is 0 Å². The molecule has 0 unspecified atom stereocenters. The second kappa shape index (κ2) is 5.79. The molecular weight excluding hydrogens is 264 g/mol. The summed E-state index contributed by atoms with van der Waals surface area (Å²) in [5.41, 5.74) is -0.907. The largest absolute Gasteiger partial charge is 0.354 e. The molecule has 2 rings (SSSR count). The molecule has 110 valence electrons. The molecule has 0 bridgehead atoms. The van der Waals surface area contributed by atoms with E-state index in [4.69, 9.17) is 0 Å². The topological polar surface area (TPSA) is 75.3 Å². The second-order valence-corrected chi connectivity index (χ2v) is 7.77. The summed E-state index contributed by atoms with van der Waals surface area (Å²) in [7, 11) is -3.37. The van der Waals surface area contributed by atoms with Crippen molar-refractivity contribution in [2.45, 2.75) is 56.9 Å². The monoisotopic (exact) mass is 288 g/mol. The molecule has 2 aliphatic carbocycles. The van der Waals surface area contributed by atoms with Gasteiger partial charge in [-0.3, -0.25) is 4.79 Å². The Balaban J connectivity index is 2.00. The quantitative estimate of drug-likeness (QED) is 0.797. The molecule has 6 heteroatoms. The Bertz CT molecular complexity index is 423. The first kappa shape index (κ1) is 14.8. The van der Waals surface area contributed by atoms with E-state index in [9.17, 15) is 13.2 Å². The van der Waals surface area contributed by atoms with Crippen molar-refractivity contribution in [3.05, 3.63) is 0 Å². The van der Waals surface area contributed by atoms with Gasteiger partial charge < -0.3 is 5.32 Å². The highest BCUT2D eigenvalue weighted by atomic mass is 32.2. The van der Waals surface area contributed by atoms with E-state index in [-0.39, 0.29) is 5.91 Å². The molecule has 2 N–H and O–H groups in total. The fourth-order valence-electron chi connectivity index (χ4n) is 2.99. The first-order chi connectivity index (χ1) is 8.91. The van der Waals surface area contributed by atoms with E-state index in [2.05, 4.69) is 10.0 Å². The van der Waals surface area contributed by atoms with Crippen LogP contribution in [0, 0.1) is 5.92 Å². The Morgan fingerprint density at radius 1 is 1.16 bits per heavy atom. The summed E-state index contributed by atoms with van der Waals surface area (Å²) < 4.78 is 25.6. The number of hydrogen-bond acceptors (Lipinski definition) is 3. The van der Waals surface area contributed by atoms with Crippen LogP contribution < -0.4 is 10.0 Å². The third kappa shape index (κ3) is 3.92. The van der Waals surface area contributed by atoms with E-state index in [1.807, 2.05) is 0 Å². The number of amides is 1. The Morgan fingerprint density at radius 2 is 1.79 bits per heavy atom. The Morgan fingerprint density at radius 3 is 2.26 bits per heavy atom. The maximum Gasteiger partial charge on any atom is 0.241 e. The normalized spacial score (nSPS) is 23.6. The lowest BCUT2D eigenvalue weighted by Gasteiger charge is -2.36. The molecule has 0 atom stereocenters. The van der Waals surface area contributed by atoms with Gasteiger partial charge in [-0.2, -0.15) is 4.72 Å². The minimum absolute atomic E-state index is 0.135. The van der Waals surface area contributed by atoms with Crippen LogP contribution in [0.4, 0.5) is 0 Å². The zero-order valence-electron chi connectivity index (χ0n) is 11.6. The van der Waals surface area contributed by atoms with Crippen molar-refractivity contribution in [3.8, 4) is 0 Å². The van der Waals surface area contributed by atoms with Gasteiger partial charge in [0.15, 0.2) is 0 Å². The predicted molar refractivity (Wildman–Crippen MR) is 74.1 cm³/mol. The van der Waals surface area contributed by atoms with E-state index in [1.165, 1.54) is 19.3 Å². The average molecular weight is 288 g/mol. The Hall–Kier alpha value is -0.620. The molecule has 2 saturated carbocycles. The van der Waals surface area contributed by atoms with Crippen LogP contribution >= 0.6 is 0 Å². The number of carbonyl (C=O) groups excluding carboxylic acids is 1. The second-order valence-electron chi connectivity index (χ2n) is 6.02. The van der Waals surface area contributed by atoms with Gasteiger partial charge in [0.1, 0.15) is 5.54 Å². The van der Waals surface area contributed by atoms with Crippen LogP contribution in [0.3, 0.4) is 0 Å². The summed E-state index contributed by atoms with van der Waals surface area (Å²) in [4.78, 5) is 12.4. The highest BCUT2D eigenvalue weighted by molar-refractivity contribution is 7.88. The molecule has 0 saturated heterocycles. The number of rotatable bonds is 5. The molecule has 0 aromatic carbocycles. The SMILES string of the molecule is CS(=O)(=O)NC1(C(=O)NCC2CCC2)CCCCC1. The maximum atomic E-state index is 12.4. The zero-order valence-corrected chi connectivity index (χ0v) is 12.4. The van der Waals surface area contributed by atoms with Gasteiger partial charge in [-0.1, -0.05) is 25.7 Å². The van der Waals surface area contributed by atoms with Crippen LogP contribution in [0.2, 0.25) is 0 Å². The highest BCUT2D eigenvalue weighted by Gasteiger charge is 2.41. The van der Waals surface area contributed by atoms with Crippen molar-refractivity contribution >= 4 is 15.9 Å². The fourth-order valence-corrected chi connectivity index (χ4v) is 4.00. The van der Waals surface area contributed by atoms with Gasteiger partial charge in [-0.05, 0) is 31.6 Å². The molecule has 0 heterocycles. The number of hydrogen-bond donors (Lipinski definition) is 2. The summed E-state index contributed by atoms with van der Waals surface area (Å²) in [5, 5.41) is 2.95. The third-order valence-electron chi connectivity index (χ3n) is 4.30. The van der Waals surface area contributed by atoms with Crippen molar-refractivity contribution in [2.75, 3.05) is 12.8 Å². The van der Waals surface area contributed by atoms with Gasteiger partial charge in [-0.25, -0.2) is 8.42 Å². The Kier molecular flexibility index (Phi) is 4.50. The van der Waals surface area contributed by atoms with Gasteiger partial charge in [0.05, 0.1) is 6.26 Å². The van der Waals surface area contributed by atoms with Crippen LogP contribution in [0.15, 0.2) is 0 Å². The standard InChI is InChI=1S/C13H24N2O3S/c1-19(17,18)15-13(8-3-2-4-9-13)12(16)14-10-11-6-5-7-11/h11,15H,2-10H2,1H3,(H,14,16). The van der Waals surface area contributed by atoms with Crippen molar-refractivity contribution in [1.82, 2.24) is 10.0 Å². The molecule has 5 nitrogen and oxygen atoms in total. The van der Waals surface area contributed by atoms with Crippen LogP contribution in [0.25, 0.3) is 0 Å². The average Bonchev–Trinajstić information content (AvgIpc) is 2.25. The summed E-state index contributed by atoms with van der Waals surface area (Å²) >= 11 is 0. The lowest BCUT2D eigenvalue weighted by Crippen LogP contribution is -2.60. The van der Waals surface area contributed by atoms with Crippen molar-refractivity contribution < 1.29 is 13.2 Å². The number of sulfonamides is 1. The molecule has 2 aliphatic rings. The molecule has 19 heavy (non-hydrogen) atoms. The molecule has 0 radical (unpaired) electrons. The Labute approximate surface area is 115 Å². The van der Waals surface area contributed by atoms with Crippen LogP contribution in [0.1, 0.15) is 51.4 Å². The van der Waals surface area contributed by atoms with Crippen LogP contribution in [-0.2, 0) is 14.8 Å². The van der Waals surface area contributed by atoms with E-state index >= 15 is 0 Å². The summed E-state index contributed by atoms with van der Waals surface area (Å²) in [5.74, 6) is 0.451. The van der Waals surface area contributed by atoms with Gasteiger partial charge in [0.2, 0.25) is 15.9 Å². The van der Waals surface area contributed by atoms with Gasteiger partial charge in [-0.15, -0.1) is 0 Å². The van der Waals surface area contributed by atoms with Crippen molar-refractivity contribution in [2.24, 2.45) is 5.92 Å². The van der Waals surface area contributed by atoms with E-state index in [1.54, 1.807) is 0 Å². The lowest BCUT2D eigenvalue weighted by atomic mass is 9.81. The minimum atomic E-state index is -3.37. The molecule has 0 spiro atoms. The van der Waals surface area contributed by atoms with E-state index in [0.29, 0.717) is 25.3 Å². The van der Waals surface area contributed by atoms with Crippen molar-refractivity contribution in [3.63, 3.8) is 0 Å². The molecule has 0 aromatic heterocycles. The first-order valence-electron chi connectivity index (χ1n) is 7.19. The molecule has 0 aromatic rings. The third-order valence-corrected chi connectivity index (χ3v) is 5.06. The number of nitrogens with one attached hydrogen (secondary N) is 2. The van der Waals surface area contributed by atoms with Gasteiger partial charge >= 0.3 is 0 Å². The predicted octanol–water partition coefficient (Wildman–Crippen LogP) is 1.15. The molecule has 2 fully saturated rings. The zero-order chi connectivity index (χ0) is 13.9. The summed E-state index contributed by atoms with van der Waals surface area (Å²) in [6.07, 6.45) is 8.81. The lowest BCUT2D eigenvalue weighted by molar-refractivity contribution is -0.128. The highest BCUT2D eigenvalue weighted by Crippen LogP contribution is 2.30. The molecular formula is C13H24N2O3S. The first-order valence-corrected chi connectivity index (χ1v) is 9.08. The smallest absolute Gasteiger partial charge is 0.241 e. The minimum Gasteiger partial charge on any atom is -0.354 e. The fraction of sp³-hybridized carbons (Fsp3) is 0.923. The van der Waals surface area contributed by atoms with E-state index < -0.39 is 15.6 Å². The summed E-state index contributed by atoms with van der Waals surface area (Å²) in [6.45, 7) is 0.687. The van der Waals surface area contributed by atoms with Gasteiger partial charge in [0, 0.05) is 6.54 Å². The van der Waals surface area contributed by atoms with E-state index in [0.717, 1.165) is 25.5 Å². The summed E-state index contributed by atoms with van der Waals surface area (Å²) in [6, 6.07) is 0. The molecule has 0 aliphatic heterocycles. The maximum absolute atomic E-state index is 12.4. The molecule has 1 amide bonds. The van der Waals surface area contributed by atoms with Crippen LogP contribution in [-0.4, -0.2) is 32.7 Å². The van der Waals surface area contributed by atoms with Crippen LogP contribution in [0.5, 0.6) is 0 Å². The van der Waals surface area contributed by atoms with Gasteiger partial charge in [0.25, 0.3) is 0 Å². The number of carbonyl (C=O) groups is 1.